The van der Waals surface area contributed by atoms with Crippen LogP contribution in [0.2, 0.25) is 0 Å². The summed E-state index contributed by atoms with van der Waals surface area (Å²) in [5, 5.41) is 0.165. The highest BCUT2D eigenvalue weighted by Crippen LogP contribution is 2.25. The number of aromatic nitrogens is 2. The lowest BCUT2D eigenvalue weighted by Gasteiger charge is -2.06. The number of hydrogen-bond donors (Lipinski definition) is 0. The maximum Gasteiger partial charge on any atom is 0.272 e. The molecule has 0 N–H and O–H groups in total. The van der Waals surface area contributed by atoms with Crippen LogP contribution in [0, 0.1) is 5.82 Å². The number of nitrogens with zero attached hydrogens (tertiary/aromatic N) is 2. The molecule has 0 radical (unpaired) electrons. The van der Waals surface area contributed by atoms with Gasteiger partial charge >= 0.3 is 0 Å². The summed E-state index contributed by atoms with van der Waals surface area (Å²) in [6.45, 7) is -0.749. The molecule has 0 aromatic carbocycles. The van der Waals surface area contributed by atoms with Crippen molar-refractivity contribution in [3.05, 3.63) is 28.9 Å². The Labute approximate surface area is 103 Å². The van der Waals surface area contributed by atoms with Crippen molar-refractivity contribution in [1.82, 2.24) is 9.97 Å². The number of ether oxygens (including phenoxy) is 1. The second kappa shape index (κ2) is 4.87. The summed E-state index contributed by atoms with van der Waals surface area (Å²) >= 11 is 3.12. The van der Waals surface area contributed by atoms with Crippen molar-refractivity contribution in [1.29, 1.82) is 0 Å². The molecule has 0 atom stereocenters. The zero-order chi connectivity index (χ0) is 12.4. The molecule has 90 valence electrons. The van der Waals surface area contributed by atoms with Gasteiger partial charge in [-0.3, -0.25) is 0 Å². The summed E-state index contributed by atoms with van der Waals surface area (Å²) in [6, 6.07) is 1.31. The van der Waals surface area contributed by atoms with E-state index in [2.05, 4.69) is 25.9 Å². The first-order valence-corrected chi connectivity index (χ1v) is 5.38. The van der Waals surface area contributed by atoms with E-state index in [4.69, 9.17) is 4.74 Å². The Morgan fingerprint density at radius 2 is 2.06 bits per heavy atom. The summed E-state index contributed by atoms with van der Waals surface area (Å²) in [5.41, 5.74) is 0.314. The van der Waals surface area contributed by atoms with Crippen molar-refractivity contribution in [2.45, 2.75) is 6.43 Å². The van der Waals surface area contributed by atoms with Crippen molar-refractivity contribution >= 4 is 26.8 Å². The van der Waals surface area contributed by atoms with E-state index in [0.29, 0.717) is 10.1 Å². The van der Waals surface area contributed by atoms with E-state index < -0.39 is 18.8 Å². The Morgan fingerprint density at radius 1 is 1.29 bits per heavy atom. The molecule has 0 bridgehead atoms. The van der Waals surface area contributed by atoms with Crippen LogP contribution in [0.5, 0.6) is 5.75 Å². The summed E-state index contributed by atoms with van der Waals surface area (Å²) in [5.74, 6) is -0.493. The highest BCUT2D eigenvalue weighted by Gasteiger charge is 2.10. The van der Waals surface area contributed by atoms with Gasteiger partial charge in [0.25, 0.3) is 6.43 Å². The van der Waals surface area contributed by atoms with Gasteiger partial charge < -0.3 is 4.74 Å². The molecular weight excluding hydrogens is 301 g/mol. The Morgan fingerprint density at radius 3 is 2.76 bits per heavy atom. The minimum Gasteiger partial charge on any atom is -0.486 e. The third-order valence-electron chi connectivity index (χ3n) is 1.98. The van der Waals surface area contributed by atoms with Gasteiger partial charge in [0.2, 0.25) is 0 Å². The molecule has 7 heteroatoms. The monoisotopic (exact) mass is 306 g/mol. The lowest BCUT2D eigenvalue weighted by Crippen LogP contribution is -2.07. The molecule has 0 saturated carbocycles. The summed E-state index contributed by atoms with van der Waals surface area (Å²) in [7, 11) is 0. The van der Waals surface area contributed by atoms with Crippen LogP contribution in [0.3, 0.4) is 0 Å². The highest BCUT2D eigenvalue weighted by atomic mass is 79.9. The third-order valence-corrected chi connectivity index (χ3v) is 2.56. The molecule has 0 saturated heterocycles. The van der Waals surface area contributed by atoms with E-state index in [9.17, 15) is 13.2 Å². The fraction of sp³-hybridized carbons (Fsp3) is 0.200. The van der Waals surface area contributed by atoms with Crippen LogP contribution in [-0.2, 0) is 0 Å². The average molecular weight is 307 g/mol. The molecule has 0 aliphatic carbocycles. The van der Waals surface area contributed by atoms with Gasteiger partial charge in [-0.15, -0.1) is 0 Å². The smallest absolute Gasteiger partial charge is 0.272 e. The zero-order valence-electron chi connectivity index (χ0n) is 8.33. The van der Waals surface area contributed by atoms with Gasteiger partial charge in [-0.05, 0) is 22.0 Å². The van der Waals surface area contributed by atoms with Crippen molar-refractivity contribution < 1.29 is 17.9 Å². The van der Waals surface area contributed by atoms with E-state index in [-0.39, 0.29) is 11.1 Å². The van der Waals surface area contributed by atoms with Gasteiger partial charge in [0.1, 0.15) is 22.5 Å². The Hall–Kier alpha value is -1.37. The molecular formula is C10H6BrF3N2O. The molecule has 0 spiro atoms. The van der Waals surface area contributed by atoms with Gasteiger partial charge in [0.15, 0.2) is 5.82 Å². The van der Waals surface area contributed by atoms with E-state index in [1.165, 1.54) is 12.3 Å². The first-order chi connectivity index (χ1) is 8.08. The third kappa shape index (κ3) is 2.66. The maximum atomic E-state index is 13.4. The quantitative estimate of drug-likeness (QED) is 0.817. The number of fused-ring (bicyclic) bond motifs is 1. The lowest BCUT2D eigenvalue weighted by atomic mass is 10.2. The van der Waals surface area contributed by atoms with Gasteiger partial charge in [-0.25, -0.2) is 23.1 Å². The lowest BCUT2D eigenvalue weighted by molar-refractivity contribution is 0.0818. The molecule has 0 unspecified atom stereocenters. The maximum absolute atomic E-state index is 13.4. The normalized spacial score (nSPS) is 11.1. The van der Waals surface area contributed by atoms with E-state index in [1.54, 1.807) is 0 Å². The van der Waals surface area contributed by atoms with Gasteiger partial charge in [0, 0.05) is 5.39 Å². The van der Waals surface area contributed by atoms with Crippen LogP contribution >= 0.6 is 15.9 Å². The van der Waals surface area contributed by atoms with Crippen molar-refractivity contribution in [2.24, 2.45) is 0 Å². The van der Waals surface area contributed by atoms with Crippen LogP contribution < -0.4 is 4.74 Å². The SMILES string of the molecule is Fc1cnc(Br)c2ncc(OCC(F)F)cc12. The standard InChI is InChI=1S/C10H6BrF3N2O/c11-10-9-6(7(12)3-16-10)1-5(2-15-9)17-4-8(13)14/h1-3,8H,4H2. The van der Waals surface area contributed by atoms with Crippen molar-refractivity contribution in [2.75, 3.05) is 6.61 Å². The van der Waals surface area contributed by atoms with Crippen molar-refractivity contribution in [3.8, 4) is 5.75 Å². The zero-order valence-corrected chi connectivity index (χ0v) is 9.92. The average Bonchev–Trinajstić information content (AvgIpc) is 2.31. The topological polar surface area (TPSA) is 35.0 Å². The van der Waals surface area contributed by atoms with Crippen LogP contribution in [-0.4, -0.2) is 23.0 Å². The first kappa shape index (κ1) is 12.1. The Kier molecular flexibility index (Phi) is 3.46. The predicted molar refractivity (Wildman–Crippen MR) is 58.7 cm³/mol. The number of hydrogen-bond acceptors (Lipinski definition) is 3. The van der Waals surface area contributed by atoms with Crippen LogP contribution in [0.25, 0.3) is 10.9 Å². The van der Waals surface area contributed by atoms with Crippen molar-refractivity contribution in [3.63, 3.8) is 0 Å². The number of alkyl halides is 2. The Bertz CT molecular complexity index is 550. The fourth-order valence-electron chi connectivity index (χ4n) is 1.27. The van der Waals surface area contributed by atoms with Gasteiger partial charge in [-0.1, -0.05) is 0 Å². The number of halogens is 4. The molecule has 17 heavy (non-hydrogen) atoms. The number of rotatable bonds is 3. The molecule has 3 nitrogen and oxygen atoms in total. The van der Waals surface area contributed by atoms with Crippen LogP contribution in [0.1, 0.15) is 0 Å². The minimum atomic E-state index is -2.58. The first-order valence-electron chi connectivity index (χ1n) is 4.58. The molecule has 0 fully saturated rings. The van der Waals surface area contributed by atoms with E-state index in [0.717, 1.165) is 6.20 Å². The molecule has 2 heterocycles. The molecule has 2 aromatic heterocycles. The second-order valence-corrected chi connectivity index (χ2v) is 3.92. The molecule has 2 rings (SSSR count). The van der Waals surface area contributed by atoms with E-state index in [1.807, 2.05) is 0 Å². The van der Waals surface area contributed by atoms with E-state index >= 15 is 0 Å². The second-order valence-electron chi connectivity index (χ2n) is 3.17. The van der Waals surface area contributed by atoms with Gasteiger partial charge in [0.05, 0.1) is 12.4 Å². The molecule has 2 aromatic rings. The van der Waals surface area contributed by atoms with Gasteiger partial charge in [-0.2, -0.15) is 0 Å². The summed E-state index contributed by atoms with van der Waals surface area (Å²) < 4.78 is 42.4. The number of pyridine rings is 2. The largest absolute Gasteiger partial charge is 0.486 e. The Balaban J connectivity index is 2.39. The summed E-state index contributed by atoms with van der Waals surface area (Å²) in [4.78, 5) is 7.63. The molecule has 0 amide bonds. The summed E-state index contributed by atoms with van der Waals surface area (Å²) in [6.07, 6.45) is -0.318. The molecule has 0 aliphatic rings. The highest BCUT2D eigenvalue weighted by molar-refractivity contribution is 9.10. The fourth-order valence-corrected chi connectivity index (χ4v) is 1.69. The predicted octanol–water partition coefficient (Wildman–Crippen LogP) is 3.18. The van der Waals surface area contributed by atoms with Crippen LogP contribution in [0.4, 0.5) is 13.2 Å². The van der Waals surface area contributed by atoms with Crippen LogP contribution in [0.15, 0.2) is 23.1 Å². The molecule has 0 aliphatic heterocycles. The minimum absolute atomic E-state index is 0.0924.